The fourth-order valence-electron chi connectivity index (χ4n) is 2.86. The van der Waals surface area contributed by atoms with Crippen molar-refractivity contribution in [1.29, 1.82) is 0 Å². The second kappa shape index (κ2) is 3.88. The van der Waals surface area contributed by atoms with E-state index in [0.717, 1.165) is 12.1 Å². The van der Waals surface area contributed by atoms with Crippen LogP contribution in [0.2, 0.25) is 0 Å². The molecule has 1 N–H and O–H groups in total. The van der Waals surface area contributed by atoms with Crippen LogP contribution in [0.1, 0.15) is 36.7 Å². The molecule has 0 saturated carbocycles. The van der Waals surface area contributed by atoms with Crippen molar-refractivity contribution in [1.82, 2.24) is 15.1 Å². The van der Waals surface area contributed by atoms with E-state index in [-0.39, 0.29) is 12.1 Å². The van der Waals surface area contributed by atoms with Crippen molar-refractivity contribution >= 4 is 0 Å². The third-order valence-corrected chi connectivity index (χ3v) is 3.76. The number of halogens is 2. The summed E-state index contributed by atoms with van der Waals surface area (Å²) in [4.78, 5) is 0. The zero-order chi connectivity index (χ0) is 12.9. The third kappa shape index (κ3) is 1.77. The summed E-state index contributed by atoms with van der Waals surface area (Å²) >= 11 is 0. The van der Waals surface area contributed by atoms with Gasteiger partial charge < -0.3 is 5.32 Å². The second-order valence-corrected chi connectivity index (χ2v) is 5.36. The number of nitrogens with zero attached hydrogens (tertiary/aromatic N) is 2. The van der Waals surface area contributed by atoms with Crippen LogP contribution >= 0.6 is 0 Å². The van der Waals surface area contributed by atoms with Crippen molar-refractivity contribution in [3.63, 3.8) is 0 Å². The molecule has 0 saturated heterocycles. The van der Waals surface area contributed by atoms with Gasteiger partial charge in [-0.1, -0.05) is 12.2 Å². The molecule has 98 valence electrons. The first-order valence-corrected chi connectivity index (χ1v) is 6.34. The molecular formula is C13H17F2N3. The van der Waals surface area contributed by atoms with Gasteiger partial charge in [0.15, 0.2) is 0 Å². The van der Waals surface area contributed by atoms with Crippen LogP contribution in [-0.2, 0) is 25.4 Å². The average Bonchev–Trinajstić information content (AvgIpc) is 2.58. The Hall–Kier alpha value is -1.23. The maximum atomic E-state index is 14.3. The SMILES string of the molecule is C=C1CCn2nc3c(c2C(F)(F)C1)CN[C@H](C)C3. The fourth-order valence-corrected chi connectivity index (χ4v) is 2.86. The highest BCUT2D eigenvalue weighted by atomic mass is 19.3. The van der Waals surface area contributed by atoms with Gasteiger partial charge in [0, 0.05) is 37.5 Å². The van der Waals surface area contributed by atoms with Gasteiger partial charge in [-0.15, -0.1) is 0 Å². The zero-order valence-corrected chi connectivity index (χ0v) is 10.5. The molecule has 0 amide bonds. The molecule has 3 rings (SSSR count). The first-order chi connectivity index (χ1) is 8.47. The Morgan fingerprint density at radius 1 is 1.50 bits per heavy atom. The minimum absolute atomic E-state index is 0.107. The number of alkyl halides is 2. The van der Waals surface area contributed by atoms with Gasteiger partial charge in [0.2, 0.25) is 0 Å². The van der Waals surface area contributed by atoms with Crippen LogP contribution in [0.5, 0.6) is 0 Å². The fraction of sp³-hybridized carbons (Fsp3) is 0.615. The molecule has 0 fully saturated rings. The van der Waals surface area contributed by atoms with Crippen molar-refractivity contribution in [2.75, 3.05) is 0 Å². The highest BCUT2D eigenvalue weighted by Crippen LogP contribution is 2.41. The summed E-state index contributed by atoms with van der Waals surface area (Å²) in [5.74, 6) is -2.84. The number of hydrogen-bond acceptors (Lipinski definition) is 2. The quantitative estimate of drug-likeness (QED) is 0.719. The zero-order valence-electron chi connectivity index (χ0n) is 10.5. The molecule has 0 unspecified atom stereocenters. The van der Waals surface area contributed by atoms with Crippen LogP contribution < -0.4 is 5.32 Å². The van der Waals surface area contributed by atoms with Gasteiger partial charge in [-0.05, 0) is 13.3 Å². The van der Waals surface area contributed by atoms with Crippen molar-refractivity contribution in [3.05, 3.63) is 29.1 Å². The lowest BCUT2D eigenvalue weighted by Crippen LogP contribution is -2.33. The number of hydrogen-bond donors (Lipinski definition) is 1. The second-order valence-electron chi connectivity index (χ2n) is 5.36. The Labute approximate surface area is 105 Å². The van der Waals surface area contributed by atoms with Crippen LogP contribution in [0.3, 0.4) is 0 Å². The minimum atomic E-state index is -2.84. The third-order valence-electron chi connectivity index (χ3n) is 3.76. The number of allylic oxidation sites excluding steroid dienone is 1. The maximum Gasteiger partial charge on any atom is 0.293 e. The van der Waals surface area contributed by atoms with Crippen molar-refractivity contribution < 1.29 is 8.78 Å². The number of aromatic nitrogens is 2. The number of rotatable bonds is 0. The van der Waals surface area contributed by atoms with Crippen molar-refractivity contribution in [2.24, 2.45) is 0 Å². The highest BCUT2D eigenvalue weighted by molar-refractivity contribution is 5.34. The monoisotopic (exact) mass is 253 g/mol. The average molecular weight is 253 g/mol. The smallest absolute Gasteiger partial charge is 0.293 e. The lowest BCUT2D eigenvalue weighted by atomic mass is 9.97. The van der Waals surface area contributed by atoms with Gasteiger partial charge in [-0.25, -0.2) is 0 Å². The van der Waals surface area contributed by atoms with E-state index in [4.69, 9.17) is 0 Å². The summed E-state index contributed by atoms with van der Waals surface area (Å²) in [5.41, 5.74) is 2.25. The highest BCUT2D eigenvalue weighted by Gasteiger charge is 2.42. The molecule has 1 aromatic heterocycles. The minimum Gasteiger partial charge on any atom is -0.310 e. The van der Waals surface area contributed by atoms with E-state index in [1.165, 1.54) is 4.68 Å². The first kappa shape index (κ1) is 11.8. The van der Waals surface area contributed by atoms with E-state index in [0.29, 0.717) is 36.7 Å². The molecule has 2 aliphatic heterocycles. The molecule has 1 atom stereocenters. The van der Waals surface area contributed by atoms with Gasteiger partial charge in [0.25, 0.3) is 5.92 Å². The summed E-state index contributed by atoms with van der Waals surface area (Å²) in [5, 5.41) is 7.62. The van der Waals surface area contributed by atoms with E-state index in [1.807, 2.05) is 6.92 Å². The molecule has 3 nitrogen and oxygen atoms in total. The molecule has 1 aromatic rings. The standard InChI is InChI=1S/C13H17F2N3/c1-8-3-4-18-12(13(14,15)6-8)10-7-16-9(2)5-11(10)17-18/h9,16H,1,3-7H2,2H3/t9-/m1/s1. The number of aryl methyl sites for hydroxylation is 1. The molecular weight excluding hydrogens is 236 g/mol. The Morgan fingerprint density at radius 2 is 2.28 bits per heavy atom. The summed E-state index contributed by atoms with van der Waals surface area (Å²) in [6.45, 7) is 6.78. The predicted molar refractivity (Wildman–Crippen MR) is 64.5 cm³/mol. The van der Waals surface area contributed by atoms with Crippen LogP contribution in [0.15, 0.2) is 12.2 Å². The molecule has 2 aliphatic rings. The lowest BCUT2D eigenvalue weighted by Gasteiger charge is -2.22. The van der Waals surface area contributed by atoms with Gasteiger partial charge in [0.05, 0.1) is 5.69 Å². The van der Waals surface area contributed by atoms with Crippen LogP contribution in [0.4, 0.5) is 8.78 Å². The van der Waals surface area contributed by atoms with E-state index in [1.54, 1.807) is 0 Å². The molecule has 5 heteroatoms. The number of fused-ring (bicyclic) bond motifs is 3. The van der Waals surface area contributed by atoms with Gasteiger partial charge in [-0.2, -0.15) is 13.9 Å². The van der Waals surface area contributed by atoms with Crippen LogP contribution in [0, 0.1) is 0 Å². The van der Waals surface area contributed by atoms with E-state index in [9.17, 15) is 8.78 Å². The Kier molecular flexibility index (Phi) is 2.55. The summed E-state index contributed by atoms with van der Waals surface area (Å²) in [6.07, 6.45) is 1.07. The summed E-state index contributed by atoms with van der Waals surface area (Å²) in [6, 6.07) is 0.306. The van der Waals surface area contributed by atoms with E-state index in [2.05, 4.69) is 17.0 Å². The topological polar surface area (TPSA) is 29.9 Å². The molecule has 18 heavy (non-hydrogen) atoms. The largest absolute Gasteiger partial charge is 0.310 e. The van der Waals surface area contributed by atoms with Gasteiger partial charge in [-0.3, -0.25) is 4.68 Å². The lowest BCUT2D eigenvalue weighted by molar-refractivity contribution is -0.0107. The van der Waals surface area contributed by atoms with E-state index >= 15 is 0 Å². The molecule has 0 radical (unpaired) electrons. The van der Waals surface area contributed by atoms with Crippen molar-refractivity contribution in [2.45, 2.75) is 51.2 Å². The van der Waals surface area contributed by atoms with Crippen LogP contribution in [-0.4, -0.2) is 15.8 Å². The Bertz CT molecular complexity index is 505. The van der Waals surface area contributed by atoms with Gasteiger partial charge >= 0.3 is 0 Å². The molecule has 0 spiro atoms. The maximum absolute atomic E-state index is 14.3. The van der Waals surface area contributed by atoms with Crippen molar-refractivity contribution in [3.8, 4) is 0 Å². The molecule has 3 heterocycles. The number of nitrogens with one attached hydrogen (secondary N) is 1. The summed E-state index contributed by atoms with van der Waals surface area (Å²) < 4.78 is 30.1. The Balaban J connectivity index is 2.11. The van der Waals surface area contributed by atoms with E-state index < -0.39 is 5.92 Å². The first-order valence-electron chi connectivity index (χ1n) is 6.34. The Morgan fingerprint density at radius 3 is 3.06 bits per heavy atom. The normalized spacial score (nSPS) is 26.4. The molecule has 0 aromatic carbocycles. The predicted octanol–water partition coefficient (Wildman–Crippen LogP) is 2.36. The summed E-state index contributed by atoms with van der Waals surface area (Å²) in [7, 11) is 0. The van der Waals surface area contributed by atoms with Crippen LogP contribution in [0.25, 0.3) is 0 Å². The molecule has 0 bridgehead atoms. The van der Waals surface area contributed by atoms with Gasteiger partial charge in [0.1, 0.15) is 5.69 Å². The molecule has 0 aliphatic carbocycles.